The number of halogens is 1. The fraction of sp³-hybridized carbons (Fsp3) is 0. The van der Waals surface area contributed by atoms with Gasteiger partial charge < -0.3 is 0 Å². The number of benzene rings is 1. The summed E-state index contributed by atoms with van der Waals surface area (Å²) in [6.07, 6.45) is 0.262. The van der Waals surface area contributed by atoms with Gasteiger partial charge in [-0.3, -0.25) is 19.7 Å². The van der Waals surface area contributed by atoms with Crippen molar-refractivity contribution in [1.82, 2.24) is 0 Å². The molecule has 0 bridgehead atoms. The normalized spacial score (nSPS) is 9.25. The van der Waals surface area contributed by atoms with Crippen molar-refractivity contribution in [3.8, 4) is 6.07 Å². The molecule has 1 aromatic carbocycles. The number of aldehydes is 1. The zero-order valence-corrected chi connectivity index (χ0v) is 8.39. The van der Waals surface area contributed by atoms with E-state index >= 15 is 0 Å². The minimum atomic E-state index is -1.03. The van der Waals surface area contributed by atoms with Crippen LogP contribution in [0.25, 0.3) is 0 Å². The molecule has 1 aromatic rings. The molecule has 0 aliphatic rings. The number of carbonyl (C=O) groups excluding carboxylic acids is 2. The third-order valence-electron chi connectivity index (χ3n) is 1.83. The van der Waals surface area contributed by atoms with Crippen LogP contribution in [0.4, 0.5) is 5.69 Å². The van der Waals surface area contributed by atoms with Gasteiger partial charge in [0.1, 0.15) is 6.07 Å². The molecule has 0 radical (unpaired) electrons. The molecule has 0 atom stereocenters. The van der Waals surface area contributed by atoms with Gasteiger partial charge in [0.25, 0.3) is 10.9 Å². The van der Waals surface area contributed by atoms with Crippen molar-refractivity contribution in [2.24, 2.45) is 0 Å². The second kappa shape index (κ2) is 4.51. The standard InChI is InChI=1S/C9H3ClN2O4/c10-9(14)7-2-6(12(15)16)1-5(3-11)8(7)4-13/h1-2,4H. The Morgan fingerprint density at radius 3 is 2.56 bits per heavy atom. The van der Waals surface area contributed by atoms with E-state index < -0.39 is 15.9 Å². The van der Waals surface area contributed by atoms with Crippen LogP contribution < -0.4 is 0 Å². The van der Waals surface area contributed by atoms with Crippen LogP contribution in [0, 0.1) is 21.4 Å². The Bertz CT molecular complexity index is 533. The molecule has 0 amide bonds. The minimum absolute atomic E-state index is 0.242. The van der Waals surface area contributed by atoms with Crippen LogP contribution in [0.5, 0.6) is 0 Å². The fourth-order valence-corrected chi connectivity index (χ4v) is 1.28. The summed E-state index contributed by atoms with van der Waals surface area (Å²) >= 11 is 5.16. The first-order valence-electron chi connectivity index (χ1n) is 3.88. The molecule has 0 heterocycles. The van der Waals surface area contributed by atoms with E-state index in [4.69, 9.17) is 16.9 Å². The lowest BCUT2D eigenvalue weighted by Gasteiger charge is -2.01. The van der Waals surface area contributed by atoms with Crippen LogP contribution in [-0.4, -0.2) is 16.5 Å². The van der Waals surface area contributed by atoms with Gasteiger partial charge in [-0.25, -0.2) is 0 Å². The van der Waals surface area contributed by atoms with E-state index in [0.717, 1.165) is 12.1 Å². The molecule has 0 unspecified atom stereocenters. The van der Waals surface area contributed by atoms with Crippen molar-refractivity contribution in [2.75, 3.05) is 0 Å². The second-order valence-electron chi connectivity index (χ2n) is 2.72. The number of nitriles is 1. The first-order valence-corrected chi connectivity index (χ1v) is 4.26. The summed E-state index contributed by atoms with van der Waals surface area (Å²) in [5.74, 6) is 0. The van der Waals surface area contributed by atoms with Crippen LogP contribution in [0.1, 0.15) is 26.3 Å². The van der Waals surface area contributed by atoms with Crippen molar-refractivity contribution in [3.63, 3.8) is 0 Å². The van der Waals surface area contributed by atoms with Crippen LogP contribution in [0.2, 0.25) is 0 Å². The first kappa shape index (κ1) is 11.8. The van der Waals surface area contributed by atoms with Gasteiger partial charge in [0.15, 0.2) is 6.29 Å². The highest BCUT2D eigenvalue weighted by molar-refractivity contribution is 6.68. The molecule has 0 saturated heterocycles. The van der Waals surface area contributed by atoms with Gasteiger partial charge in [-0.05, 0) is 11.6 Å². The predicted molar refractivity (Wildman–Crippen MR) is 53.4 cm³/mol. The van der Waals surface area contributed by atoms with Gasteiger partial charge >= 0.3 is 0 Å². The molecule has 0 aliphatic heterocycles. The molecule has 0 aliphatic carbocycles. The molecule has 0 saturated carbocycles. The average molecular weight is 239 g/mol. The molecule has 0 fully saturated rings. The van der Waals surface area contributed by atoms with Gasteiger partial charge in [0.05, 0.1) is 16.1 Å². The number of non-ortho nitro benzene ring substituents is 1. The molecule has 0 spiro atoms. The van der Waals surface area contributed by atoms with Crippen LogP contribution in [0.3, 0.4) is 0 Å². The second-order valence-corrected chi connectivity index (χ2v) is 3.06. The number of nitrogens with zero attached hydrogens (tertiary/aromatic N) is 2. The number of rotatable bonds is 3. The molecule has 1 rings (SSSR count). The van der Waals surface area contributed by atoms with E-state index in [0.29, 0.717) is 0 Å². The summed E-state index contributed by atoms with van der Waals surface area (Å²) in [5.41, 5.74) is -1.31. The Morgan fingerprint density at radius 1 is 1.56 bits per heavy atom. The molecular weight excluding hydrogens is 236 g/mol. The van der Waals surface area contributed by atoms with Crippen molar-refractivity contribution >= 4 is 28.8 Å². The van der Waals surface area contributed by atoms with Crippen LogP contribution in [0.15, 0.2) is 12.1 Å². The zero-order chi connectivity index (χ0) is 12.3. The van der Waals surface area contributed by atoms with Crippen molar-refractivity contribution in [3.05, 3.63) is 38.9 Å². The first-order chi connectivity index (χ1) is 7.51. The van der Waals surface area contributed by atoms with Crippen molar-refractivity contribution in [2.45, 2.75) is 0 Å². The lowest BCUT2D eigenvalue weighted by molar-refractivity contribution is -0.384. The molecule has 0 aromatic heterocycles. The van der Waals surface area contributed by atoms with Crippen LogP contribution >= 0.6 is 11.6 Å². The summed E-state index contributed by atoms with van der Waals surface area (Å²) in [4.78, 5) is 31.3. The molecule has 6 nitrogen and oxygen atoms in total. The highest BCUT2D eigenvalue weighted by Gasteiger charge is 2.19. The molecular formula is C9H3ClN2O4. The number of hydrogen-bond acceptors (Lipinski definition) is 5. The number of nitro groups is 1. The van der Waals surface area contributed by atoms with Gasteiger partial charge in [-0.15, -0.1) is 0 Å². The zero-order valence-electron chi connectivity index (χ0n) is 7.64. The predicted octanol–water partition coefficient (Wildman–Crippen LogP) is 1.66. The Hall–Kier alpha value is -2.26. The van der Waals surface area contributed by atoms with Gasteiger partial charge in [-0.2, -0.15) is 5.26 Å². The Morgan fingerprint density at radius 2 is 2.19 bits per heavy atom. The highest BCUT2D eigenvalue weighted by atomic mass is 35.5. The highest BCUT2D eigenvalue weighted by Crippen LogP contribution is 2.22. The number of hydrogen-bond donors (Lipinski definition) is 0. The van der Waals surface area contributed by atoms with E-state index in [2.05, 4.69) is 0 Å². The maximum atomic E-state index is 10.9. The van der Waals surface area contributed by atoms with Crippen molar-refractivity contribution < 1.29 is 14.5 Å². The Kier molecular flexibility index (Phi) is 3.33. The smallest absolute Gasteiger partial charge is 0.271 e. The lowest BCUT2D eigenvalue weighted by atomic mass is 10.0. The molecule has 80 valence electrons. The number of carbonyl (C=O) groups is 2. The summed E-state index contributed by atoms with van der Waals surface area (Å²) in [6, 6.07) is 3.36. The monoisotopic (exact) mass is 238 g/mol. The van der Waals surface area contributed by atoms with Crippen LogP contribution in [-0.2, 0) is 0 Å². The van der Waals surface area contributed by atoms with E-state index in [-0.39, 0.29) is 23.0 Å². The average Bonchev–Trinajstić information content (AvgIpc) is 2.26. The summed E-state index contributed by atoms with van der Waals surface area (Å²) in [7, 11) is 0. The number of nitro benzene ring substituents is 1. The third kappa shape index (κ3) is 2.04. The largest absolute Gasteiger partial charge is 0.298 e. The summed E-state index contributed by atoms with van der Waals surface area (Å²) < 4.78 is 0. The topological polar surface area (TPSA) is 101 Å². The minimum Gasteiger partial charge on any atom is -0.298 e. The Balaban J connectivity index is 3.64. The summed E-state index contributed by atoms with van der Waals surface area (Å²) in [6.45, 7) is 0. The lowest BCUT2D eigenvalue weighted by Crippen LogP contribution is -2.02. The van der Waals surface area contributed by atoms with E-state index in [1.165, 1.54) is 0 Å². The van der Waals surface area contributed by atoms with Gasteiger partial charge in [0.2, 0.25) is 0 Å². The Labute approximate surface area is 94.2 Å². The SMILES string of the molecule is N#Cc1cc([N+](=O)[O-])cc(C(=O)Cl)c1C=O. The maximum absolute atomic E-state index is 10.9. The fourth-order valence-electron chi connectivity index (χ4n) is 1.13. The third-order valence-corrected chi connectivity index (χ3v) is 2.03. The van der Waals surface area contributed by atoms with Gasteiger partial charge in [0, 0.05) is 17.7 Å². The molecule has 7 heteroatoms. The van der Waals surface area contributed by atoms with Crippen molar-refractivity contribution in [1.29, 1.82) is 5.26 Å². The maximum Gasteiger partial charge on any atom is 0.271 e. The molecule has 0 N–H and O–H groups in total. The quantitative estimate of drug-likeness (QED) is 0.345. The van der Waals surface area contributed by atoms with E-state index in [1.54, 1.807) is 6.07 Å². The summed E-state index contributed by atoms with van der Waals surface area (Å²) in [5, 5.41) is 18.1. The van der Waals surface area contributed by atoms with E-state index in [9.17, 15) is 19.7 Å². The molecule has 16 heavy (non-hydrogen) atoms. The van der Waals surface area contributed by atoms with E-state index in [1.807, 2.05) is 0 Å². The van der Waals surface area contributed by atoms with Gasteiger partial charge in [-0.1, -0.05) is 0 Å².